The topological polar surface area (TPSA) is 40.9 Å². The van der Waals surface area contributed by atoms with Crippen molar-refractivity contribution < 1.29 is 4.79 Å². The number of hydrogen-bond donors (Lipinski definition) is 0. The molecule has 0 heterocycles. The van der Waals surface area contributed by atoms with Gasteiger partial charge in [0.25, 0.3) is 0 Å². The molecule has 0 fully saturated rings. The first kappa shape index (κ1) is 10.2. The first-order chi connectivity index (χ1) is 6.80. The summed E-state index contributed by atoms with van der Waals surface area (Å²) in [5.41, 5.74) is 2.24. The number of carbonyl (C=O) groups is 1. The van der Waals surface area contributed by atoms with Crippen molar-refractivity contribution in [2.75, 3.05) is 0 Å². The average Bonchev–Trinajstić information content (AvgIpc) is 2.26. The Morgan fingerprint density at radius 3 is 2.93 bits per heavy atom. The molecule has 0 aliphatic carbocycles. The van der Waals surface area contributed by atoms with Crippen LogP contribution in [0.3, 0.4) is 0 Å². The van der Waals surface area contributed by atoms with Gasteiger partial charge in [-0.3, -0.25) is 4.79 Å². The van der Waals surface area contributed by atoms with E-state index in [9.17, 15) is 4.79 Å². The molecule has 1 aromatic carbocycles. The number of carbonyl (C=O) groups excluding carboxylic acids is 1. The molecule has 70 valence electrons. The van der Waals surface area contributed by atoms with E-state index in [1.807, 2.05) is 19.1 Å². The highest BCUT2D eigenvalue weighted by molar-refractivity contribution is 5.81. The molecular weight excluding hydrogens is 174 g/mol. The lowest BCUT2D eigenvalue weighted by Crippen LogP contribution is -1.83. The fraction of sp³-hybridized carbons (Fsp3) is 0.167. The highest BCUT2D eigenvalue weighted by atomic mass is 16.1. The summed E-state index contributed by atoms with van der Waals surface area (Å²) < 4.78 is 0. The molecule has 0 unspecified atom stereocenters. The Kier molecular flexibility index (Phi) is 3.63. The van der Waals surface area contributed by atoms with E-state index in [1.54, 1.807) is 18.2 Å². The summed E-state index contributed by atoms with van der Waals surface area (Å²) in [4.78, 5) is 10.6. The van der Waals surface area contributed by atoms with E-state index in [2.05, 4.69) is 6.07 Å². The molecule has 0 saturated heterocycles. The molecule has 0 bridgehead atoms. The molecule has 1 rings (SSSR count). The lowest BCUT2D eigenvalue weighted by atomic mass is 10.1. The van der Waals surface area contributed by atoms with Crippen LogP contribution >= 0.6 is 0 Å². The van der Waals surface area contributed by atoms with E-state index in [-0.39, 0.29) is 0 Å². The third kappa shape index (κ3) is 2.56. The average molecular weight is 185 g/mol. The summed E-state index contributed by atoms with van der Waals surface area (Å²) in [6.45, 7) is 1.92. The van der Waals surface area contributed by atoms with Gasteiger partial charge >= 0.3 is 0 Å². The first-order valence-corrected chi connectivity index (χ1v) is 4.46. The zero-order valence-electron chi connectivity index (χ0n) is 8.03. The molecule has 1 aromatic rings. The van der Waals surface area contributed by atoms with Crippen LogP contribution in [0.1, 0.15) is 24.5 Å². The third-order valence-corrected chi connectivity index (χ3v) is 1.93. The molecule has 0 saturated carbocycles. The van der Waals surface area contributed by atoms with Crippen molar-refractivity contribution in [1.82, 2.24) is 0 Å². The predicted octanol–water partition coefficient (Wildman–Crippen LogP) is 2.55. The number of hydrogen-bond acceptors (Lipinski definition) is 2. The van der Waals surface area contributed by atoms with E-state index in [4.69, 9.17) is 5.26 Å². The third-order valence-electron chi connectivity index (χ3n) is 1.93. The van der Waals surface area contributed by atoms with Gasteiger partial charge in [-0.1, -0.05) is 19.1 Å². The number of nitrogens with zero attached hydrogens (tertiary/aromatic N) is 1. The van der Waals surface area contributed by atoms with Gasteiger partial charge in [-0.2, -0.15) is 5.26 Å². The van der Waals surface area contributed by atoms with Crippen molar-refractivity contribution in [1.29, 1.82) is 5.26 Å². The second-order valence-corrected chi connectivity index (χ2v) is 2.93. The molecule has 0 radical (unpaired) electrons. The van der Waals surface area contributed by atoms with Crippen LogP contribution in [-0.4, -0.2) is 6.29 Å². The van der Waals surface area contributed by atoms with Crippen LogP contribution < -0.4 is 0 Å². The van der Waals surface area contributed by atoms with Crippen molar-refractivity contribution in [3.8, 4) is 6.07 Å². The van der Waals surface area contributed by atoms with Gasteiger partial charge in [0.1, 0.15) is 6.29 Å². The summed E-state index contributed by atoms with van der Waals surface area (Å²) in [7, 11) is 0. The highest BCUT2D eigenvalue weighted by Gasteiger charge is 1.94. The monoisotopic (exact) mass is 185 g/mol. The molecule has 0 amide bonds. The zero-order chi connectivity index (χ0) is 10.4. The Morgan fingerprint density at radius 1 is 1.57 bits per heavy atom. The molecule has 0 atom stereocenters. The fourth-order valence-corrected chi connectivity index (χ4v) is 1.13. The van der Waals surface area contributed by atoms with Gasteiger partial charge in [-0.25, -0.2) is 0 Å². The first-order valence-electron chi connectivity index (χ1n) is 4.46. The summed E-state index contributed by atoms with van der Waals surface area (Å²) in [6.07, 6.45) is 3.35. The molecule has 0 aromatic heterocycles. The summed E-state index contributed by atoms with van der Waals surface area (Å²) >= 11 is 0. The molecule has 2 nitrogen and oxygen atoms in total. The normalized spacial score (nSPS) is 10.7. The van der Waals surface area contributed by atoms with Crippen molar-refractivity contribution in [3.05, 3.63) is 41.0 Å². The number of rotatable bonds is 3. The van der Waals surface area contributed by atoms with Gasteiger partial charge in [0.05, 0.1) is 11.6 Å². The molecule has 0 aliphatic rings. The van der Waals surface area contributed by atoms with Crippen LogP contribution in [0, 0.1) is 11.3 Å². The SMILES string of the molecule is CC/C(C=O)=C\c1cccc(C#N)c1. The van der Waals surface area contributed by atoms with Crippen LogP contribution in [0.2, 0.25) is 0 Å². The van der Waals surface area contributed by atoms with E-state index < -0.39 is 0 Å². The van der Waals surface area contributed by atoms with E-state index in [0.717, 1.165) is 17.4 Å². The highest BCUT2D eigenvalue weighted by Crippen LogP contribution is 2.09. The number of aldehydes is 1. The van der Waals surface area contributed by atoms with Crippen LogP contribution in [0.15, 0.2) is 29.8 Å². The van der Waals surface area contributed by atoms with Crippen molar-refractivity contribution >= 4 is 12.4 Å². The molecular formula is C12H11NO. The summed E-state index contributed by atoms with van der Waals surface area (Å²) in [5, 5.41) is 8.67. The smallest absolute Gasteiger partial charge is 0.146 e. The van der Waals surface area contributed by atoms with Gasteiger partial charge in [0.15, 0.2) is 0 Å². The Hall–Kier alpha value is -1.88. The maximum Gasteiger partial charge on any atom is 0.146 e. The van der Waals surface area contributed by atoms with E-state index >= 15 is 0 Å². The van der Waals surface area contributed by atoms with Gasteiger partial charge in [-0.05, 0) is 35.8 Å². The quantitative estimate of drug-likeness (QED) is 0.536. The van der Waals surface area contributed by atoms with Crippen LogP contribution in [0.5, 0.6) is 0 Å². The van der Waals surface area contributed by atoms with Crippen LogP contribution in [0.25, 0.3) is 6.08 Å². The van der Waals surface area contributed by atoms with Gasteiger partial charge in [0.2, 0.25) is 0 Å². The standard InChI is InChI=1S/C12H11NO/c1-2-10(9-14)6-11-4-3-5-12(7-11)8-13/h3-7,9H,2H2,1H3/b10-6+. The van der Waals surface area contributed by atoms with E-state index in [1.165, 1.54) is 0 Å². The minimum Gasteiger partial charge on any atom is -0.298 e. The Bertz CT molecular complexity index is 399. The van der Waals surface area contributed by atoms with Gasteiger partial charge in [0, 0.05) is 0 Å². The molecule has 0 spiro atoms. The van der Waals surface area contributed by atoms with E-state index in [0.29, 0.717) is 12.0 Å². The Morgan fingerprint density at radius 2 is 2.36 bits per heavy atom. The minimum absolute atomic E-state index is 0.611. The molecule has 0 aliphatic heterocycles. The van der Waals surface area contributed by atoms with Crippen LogP contribution in [-0.2, 0) is 4.79 Å². The van der Waals surface area contributed by atoms with Crippen molar-refractivity contribution in [2.45, 2.75) is 13.3 Å². The maximum atomic E-state index is 10.6. The Balaban J connectivity index is 3.03. The number of allylic oxidation sites excluding steroid dienone is 1. The molecule has 2 heteroatoms. The second kappa shape index (κ2) is 4.98. The van der Waals surface area contributed by atoms with Gasteiger partial charge in [-0.15, -0.1) is 0 Å². The second-order valence-electron chi connectivity index (χ2n) is 2.93. The fourth-order valence-electron chi connectivity index (χ4n) is 1.13. The molecule has 14 heavy (non-hydrogen) atoms. The number of nitriles is 1. The largest absolute Gasteiger partial charge is 0.298 e. The Labute approximate surface area is 83.5 Å². The lowest BCUT2D eigenvalue weighted by molar-refractivity contribution is -0.104. The number of benzene rings is 1. The lowest BCUT2D eigenvalue weighted by Gasteiger charge is -1.96. The maximum absolute atomic E-state index is 10.6. The van der Waals surface area contributed by atoms with Crippen molar-refractivity contribution in [2.24, 2.45) is 0 Å². The van der Waals surface area contributed by atoms with Gasteiger partial charge < -0.3 is 0 Å². The van der Waals surface area contributed by atoms with Crippen LogP contribution in [0.4, 0.5) is 0 Å². The minimum atomic E-state index is 0.611. The predicted molar refractivity (Wildman–Crippen MR) is 55.5 cm³/mol. The molecule has 0 N–H and O–H groups in total. The summed E-state index contributed by atoms with van der Waals surface area (Å²) in [5.74, 6) is 0. The summed E-state index contributed by atoms with van der Waals surface area (Å²) in [6, 6.07) is 9.25. The zero-order valence-corrected chi connectivity index (χ0v) is 8.03. The van der Waals surface area contributed by atoms with Crippen molar-refractivity contribution in [3.63, 3.8) is 0 Å².